The smallest absolute Gasteiger partial charge is 0.194 e. The molecule has 2 aromatic rings. The average molecular weight is 244 g/mol. The molecule has 94 valence electrons. The van der Waals surface area contributed by atoms with Gasteiger partial charge in [-0.15, -0.1) is 0 Å². The van der Waals surface area contributed by atoms with Crippen molar-refractivity contribution >= 4 is 0 Å². The van der Waals surface area contributed by atoms with Crippen molar-refractivity contribution in [1.29, 1.82) is 0 Å². The number of para-hydroxylation sites is 1. The fourth-order valence-electron chi connectivity index (χ4n) is 2.12. The number of rotatable bonds is 4. The predicted octanol–water partition coefficient (Wildman–Crippen LogP) is 2.11. The van der Waals surface area contributed by atoms with Crippen LogP contribution in [0.3, 0.4) is 0 Å². The van der Waals surface area contributed by atoms with Crippen molar-refractivity contribution in [3.63, 3.8) is 0 Å². The summed E-state index contributed by atoms with van der Waals surface area (Å²) in [6.45, 7) is 2.12. The summed E-state index contributed by atoms with van der Waals surface area (Å²) in [6, 6.07) is 7.84. The quantitative estimate of drug-likeness (QED) is 0.894. The molecule has 0 radical (unpaired) electrons. The summed E-state index contributed by atoms with van der Waals surface area (Å²) in [6.07, 6.45) is 2.61. The zero-order valence-corrected chi connectivity index (χ0v) is 10.3. The Morgan fingerprint density at radius 1 is 1.39 bits per heavy atom. The molecule has 0 saturated carbocycles. The molecule has 1 aromatic heterocycles. The van der Waals surface area contributed by atoms with Gasteiger partial charge >= 0.3 is 0 Å². The van der Waals surface area contributed by atoms with Crippen LogP contribution in [0.25, 0.3) is 11.3 Å². The van der Waals surface area contributed by atoms with Gasteiger partial charge in [0.1, 0.15) is 17.7 Å². The van der Waals surface area contributed by atoms with Gasteiger partial charge in [0.25, 0.3) is 0 Å². The molecule has 0 unspecified atom stereocenters. The lowest BCUT2D eigenvalue weighted by Gasteiger charge is -2.25. The van der Waals surface area contributed by atoms with E-state index in [4.69, 9.17) is 9.15 Å². The highest BCUT2D eigenvalue weighted by atomic mass is 16.5. The van der Waals surface area contributed by atoms with Gasteiger partial charge in [0.2, 0.25) is 0 Å². The Morgan fingerprint density at radius 2 is 2.22 bits per heavy atom. The van der Waals surface area contributed by atoms with E-state index >= 15 is 0 Å². The van der Waals surface area contributed by atoms with Crippen LogP contribution in [0, 0.1) is 5.92 Å². The van der Waals surface area contributed by atoms with Gasteiger partial charge in [-0.25, -0.2) is 4.98 Å². The van der Waals surface area contributed by atoms with E-state index in [9.17, 15) is 0 Å². The van der Waals surface area contributed by atoms with Crippen molar-refractivity contribution in [2.45, 2.75) is 6.42 Å². The second kappa shape index (κ2) is 4.82. The third kappa shape index (κ3) is 2.11. The molecule has 1 N–H and O–H groups in total. The largest absolute Gasteiger partial charge is 0.496 e. The standard InChI is InChI=1S/C14H16N2O2/c1-17-13-5-3-2-4-11(13)12-9-18-14(16-12)6-10-7-15-8-10/h2-5,9-10,15H,6-8H2,1H3. The van der Waals surface area contributed by atoms with Crippen LogP contribution in [0.2, 0.25) is 0 Å². The maximum atomic E-state index is 5.53. The van der Waals surface area contributed by atoms with Gasteiger partial charge in [-0.1, -0.05) is 12.1 Å². The van der Waals surface area contributed by atoms with Crippen LogP contribution in [0.1, 0.15) is 5.89 Å². The molecule has 4 heteroatoms. The Morgan fingerprint density at radius 3 is 2.94 bits per heavy atom. The minimum absolute atomic E-state index is 0.661. The fourth-order valence-corrected chi connectivity index (χ4v) is 2.12. The summed E-state index contributed by atoms with van der Waals surface area (Å²) in [7, 11) is 1.67. The number of hydrogen-bond donors (Lipinski definition) is 1. The Balaban J connectivity index is 1.83. The highest BCUT2D eigenvalue weighted by Gasteiger charge is 2.20. The zero-order chi connectivity index (χ0) is 12.4. The Hall–Kier alpha value is -1.81. The molecule has 4 nitrogen and oxygen atoms in total. The van der Waals surface area contributed by atoms with Crippen LogP contribution in [0.4, 0.5) is 0 Å². The van der Waals surface area contributed by atoms with Crippen molar-refractivity contribution < 1.29 is 9.15 Å². The summed E-state index contributed by atoms with van der Waals surface area (Å²) in [4.78, 5) is 4.54. The highest BCUT2D eigenvalue weighted by molar-refractivity contribution is 5.66. The summed E-state index contributed by atoms with van der Waals surface area (Å²) in [5.41, 5.74) is 1.82. The van der Waals surface area contributed by atoms with E-state index in [0.29, 0.717) is 5.92 Å². The molecule has 1 saturated heterocycles. The molecule has 0 spiro atoms. The number of oxazole rings is 1. The molecule has 0 amide bonds. The number of aromatic nitrogens is 1. The molecule has 2 heterocycles. The summed E-state index contributed by atoms with van der Waals surface area (Å²) >= 11 is 0. The molecule has 0 bridgehead atoms. The Bertz CT molecular complexity index is 532. The first-order chi connectivity index (χ1) is 8.86. The van der Waals surface area contributed by atoms with Crippen LogP contribution in [-0.2, 0) is 6.42 Å². The maximum absolute atomic E-state index is 5.53. The van der Waals surface area contributed by atoms with Gasteiger partial charge in [-0.05, 0) is 31.1 Å². The van der Waals surface area contributed by atoms with Crippen LogP contribution < -0.4 is 10.1 Å². The van der Waals surface area contributed by atoms with E-state index in [-0.39, 0.29) is 0 Å². The van der Waals surface area contributed by atoms with E-state index < -0.39 is 0 Å². The van der Waals surface area contributed by atoms with Crippen LogP contribution in [0.15, 0.2) is 34.9 Å². The number of benzene rings is 1. The number of nitrogens with one attached hydrogen (secondary N) is 1. The second-order valence-electron chi connectivity index (χ2n) is 4.56. The molecular formula is C14H16N2O2. The molecule has 1 aliphatic heterocycles. The number of ether oxygens (including phenoxy) is 1. The fraction of sp³-hybridized carbons (Fsp3) is 0.357. The van der Waals surface area contributed by atoms with Crippen LogP contribution in [-0.4, -0.2) is 25.2 Å². The first-order valence-corrected chi connectivity index (χ1v) is 6.15. The second-order valence-corrected chi connectivity index (χ2v) is 4.56. The Kier molecular flexibility index (Phi) is 3.02. The molecule has 3 rings (SSSR count). The first kappa shape index (κ1) is 11.3. The minimum Gasteiger partial charge on any atom is -0.496 e. The van der Waals surface area contributed by atoms with Gasteiger partial charge in [-0.3, -0.25) is 0 Å². The molecule has 1 fully saturated rings. The lowest BCUT2D eigenvalue weighted by molar-refractivity contribution is 0.318. The van der Waals surface area contributed by atoms with Crippen molar-refractivity contribution in [3.05, 3.63) is 36.4 Å². The normalized spacial score (nSPS) is 15.4. The third-order valence-electron chi connectivity index (χ3n) is 3.26. The van der Waals surface area contributed by atoms with Gasteiger partial charge in [0.15, 0.2) is 5.89 Å². The summed E-state index contributed by atoms with van der Waals surface area (Å²) in [5.74, 6) is 2.29. The average Bonchev–Trinajstić information content (AvgIpc) is 2.82. The molecular weight excluding hydrogens is 228 g/mol. The minimum atomic E-state index is 0.661. The third-order valence-corrected chi connectivity index (χ3v) is 3.26. The predicted molar refractivity (Wildman–Crippen MR) is 68.6 cm³/mol. The Labute approximate surface area is 106 Å². The van der Waals surface area contributed by atoms with Crippen LogP contribution >= 0.6 is 0 Å². The maximum Gasteiger partial charge on any atom is 0.194 e. The SMILES string of the molecule is COc1ccccc1-c1coc(CC2CNC2)n1. The lowest BCUT2D eigenvalue weighted by atomic mass is 10.00. The van der Waals surface area contributed by atoms with E-state index in [0.717, 1.165) is 42.4 Å². The van der Waals surface area contributed by atoms with Gasteiger partial charge in [0.05, 0.1) is 7.11 Å². The van der Waals surface area contributed by atoms with Crippen molar-refractivity contribution in [3.8, 4) is 17.0 Å². The molecule has 1 aromatic carbocycles. The highest BCUT2D eigenvalue weighted by Crippen LogP contribution is 2.29. The van der Waals surface area contributed by atoms with Crippen LogP contribution in [0.5, 0.6) is 5.75 Å². The van der Waals surface area contributed by atoms with Gasteiger partial charge < -0.3 is 14.5 Å². The van der Waals surface area contributed by atoms with E-state index in [2.05, 4.69) is 10.3 Å². The van der Waals surface area contributed by atoms with E-state index in [1.165, 1.54) is 0 Å². The lowest BCUT2D eigenvalue weighted by Crippen LogP contribution is -2.43. The summed E-state index contributed by atoms with van der Waals surface area (Å²) in [5, 5.41) is 3.25. The zero-order valence-electron chi connectivity index (χ0n) is 10.3. The van der Waals surface area contributed by atoms with E-state index in [1.54, 1.807) is 13.4 Å². The van der Waals surface area contributed by atoms with Crippen molar-refractivity contribution in [2.24, 2.45) is 5.92 Å². The summed E-state index contributed by atoms with van der Waals surface area (Å²) < 4.78 is 10.9. The molecule has 1 aliphatic rings. The monoisotopic (exact) mass is 244 g/mol. The van der Waals surface area contributed by atoms with Gasteiger partial charge in [0, 0.05) is 12.0 Å². The number of nitrogens with zero attached hydrogens (tertiary/aromatic N) is 1. The topological polar surface area (TPSA) is 47.3 Å². The number of hydrogen-bond acceptors (Lipinski definition) is 4. The molecule has 0 atom stereocenters. The molecule has 0 aliphatic carbocycles. The van der Waals surface area contributed by atoms with Crippen molar-refractivity contribution in [2.75, 3.05) is 20.2 Å². The van der Waals surface area contributed by atoms with Gasteiger partial charge in [-0.2, -0.15) is 0 Å². The molecule has 18 heavy (non-hydrogen) atoms. The van der Waals surface area contributed by atoms with Crippen molar-refractivity contribution in [1.82, 2.24) is 10.3 Å². The first-order valence-electron chi connectivity index (χ1n) is 6.15. The number of methoxy groups -OCH3 is 1. The van der Waals surface area contributed by atoms with E-state index in [1.807, 2.05) is 24.3 Å².